The summed E-state index contributed by atoms with van der Waals surface area (Å²) in [5.74, 6) is -0.228. The third-order valence-corrected chi connectivity index (χ3v) is 2.31. The highest BCUT2D eigenvalue weighted by Crippen LogP contribution is 2.11. The van der Waals surface area contributed by atoms with Crippen molar-refractivity contribution in [2.45, 2.75) is 13.5 Å². The van der Waals surface area contributed by atoms with Crippen molar-refractivity contribution in [2.24, 2.45) is 0 Å². The molecule has 1 rings (SSSR count). The van der Waals surface area contributed by atoms with Crippen LogP contribution in [0.3, 0.4) is 0 Å². The second-order valence-electron chi connectivity index (χ2n) is 3.22. The van der Waals surface area contributed by atoms with Crippen molar-refractivity contribution in [1.29, 1.82) is 0 Å². The molecule has 0 fully saturated rings. The van der Waals surface area contributed by atoms with Gasteiger partial charge in [0.05, 0.1) is 0 Å². The molecule has 1 aromatic rings. The quantitative estimate of drug-likeness (QED) is 0.749. The lowest BCUT2D eigenvalue weighted by molar-refractivity contribution is 0.232. The molecule has 1 amide bonds. The van der Waals surface area contributed by atoms with Crippen LogP contribution in [0.2, 0.25) is 0 Å². The topological polar surface area (TPSA) is 20.3 Å². The molecule has 0 aliphatic heterocycles. The summed E-state index contributed by atoms with van der Waals surface area (Å²) in [7, 11) is 1.65. The van der Waals surface area contributed by atoms with Crippen molar-refractivity contribution < 1.29 is 9.18 Å². The highest BCUT2D eigenvalue weighted by Gasteiger charge is 2.05. The van der Waals surface area contributed by atoms with Crippen LogP contribution in [-0.4, -0.2) is 17.2 Å². The summed E-state index contributed by atoms with van der Waals surface area (Å²) < 4.78 is 12.9. The molecular formula is C10H12FNOS. The Labute approximate surface area is 88.1 Å². The van der Waals surface area contributed by atoms with Crippen LogP contribution >= 0.6 is 12.6 Å². The van der Waals surface area contributed by atoms with E-state index < -0.39 is 0 Å². The Bertz CT molecular complexity index is 354. The fourth-order valence-electron chi connectivity index (χ4n) is 1.15. The van der Waals surface area contributed by atoms with Crippen molar-refractivity contribution in [1.82, 2.24) is 4.90 Å². The molecule has 0 aliphatic carbocycles. The van der Waals surface area contributed by atoms with Gasteiger partial charge in [0.1, 0.15) is 5.82 Å². The van der Waals surface area contributed by atoms with Gasteiger partial charge in [-0.05, 0) is 24.1 Å². The molecule has 0 spiro atoms. The molecule has 0 aliphatic rings. The fraction of sp³-hybridized carbons (Fsp3) is 0.300. The summed E-state index contributed by atoms with van der Waals surface area (Å²) in [5, 5.41) is -0.299. The lowest BCUT2D eigenvalue weighted by Crippen LogP contribution is -2.20. The number of hydrogen-bond acceptors (Lipinski definition) is 1. The molecule has 0 N–H and O–H groups in total. The molecule has 76 valence electrons. The van der Waals surface area contributed by atoms with Crippen molar-refractivity contribution in [3.05, 3.63) is 35.1 Å². The monoisotopic (exact) mass is 213 g/mol. The van der Waals surface area contributed by atoms with E-state index in [1.165, 1.54) is 11.0 Å². The molecule has 0 bridgehead atoms. The molecule has 14 heavy (non-hydrogen) atoms. The van der Waals surface area contributed by atoms with E-state index in [1.54, 1.807) is 26.1 Å². The standard InChI is InChI=1S/C10H12FNOS/c1-7-5-8(3-4-9(7)11)6-12(2)10(13)14/h3-5H,6H2,1-2H3,(H,13,14). The van der Waals surface area contributed by atoms with Crippen molar-refractivity contribution in [2.75, 3.05) is 7.05 Å². The number of amides is 1. The van der Waals surface area contributed by atoms with E-state index in [0.717, 1.165) is 5.56 Å². The molecule has 0 unspecified atom stereocenters. The maximum absolute atomic E-state index is 12.9. The van der Waals surface area contributed by atoms with E-state index in [1.807, 2.05) is 0 Å². The Kier molecular flexibility index (Phi) is 3.52. The summed E-state index contributed by atoms with van der Waals surface area (Å²) in [4.78, 5) is 12.3. The number of aryl methyl sites for hydroxylation is 1. The molecule has 4 heteroatoms. The van der Waals surface area contributed by atoms with Crippen LogP contribution in [0, 0.1) is 12.7 Å². The molecule has 2 nitrogen and oxygen atoms in total. The van der Waals surface area contributed by atoms with Gasteiger partial charge in [0, 0.05) is 13.6 Å². The lowest BCUT2D eigenvalue weighted by Gasteiger charge is -2.14. The number of nitrogens with zero attached hydrogens (tertiary/aromatic N) is 1. The zero-order valence-electron chi connectivity index (χ0n) is 8.12. The Hall–Kier alpha value is -1.03. The second-order valence-corrected chi connectivity index (χ2v) is 3.60. The molecule has 0 heterocycles. The average molecular weight is 213 g/mol. The van der Waals surface area contributed by atoms with Gasteiger partial charge < -0.3 is 4.90 Å². The first kappa shape index (κ1) is 11.0. The molecule has 0 saturated carbocycles. The van der Waals surface area contributed by atoms with Crippen LogP contribution in [-0.2, 0) is 6.54 Å². The summed E-state index contributed by atoms with van der Waals surface area (Å²) in [5.41, 5.74) is 1.48. The first-order chi connectivity index (χ1) is 6.50. The van der Waals surface area contributed by atoms with Crippen molar-refractivity contribution in [3.8, 4) is 0 Å². The van der Waals surface area contributed by atoms with Crippen LogP contribution in [0.15, 0.2) is 18.2 Å². The lowest BCUT2D eigenvalue weighted by atomic mass is 10.1. The summed E-state index contributed by atoms with van der Waals surface area (Å²) >= 11 is 3.68. The van der Waals surface area contributed by atoms with E-state index in [-0.39, 0.29) is 11.1 Å². The van der Waals surface area contributed by atoms with Crippen LogP contribution < -0.4 is 0 Å². The number of benzene rings is 1. The number of halogens is 1. The van der Waals surface area contributed by atoms with Gasteiger partial charge in [0.25, 0.3) is 5.24 Å². The van der Waals surface area contributed by atoms with Crippen LogP contribution in [0.25, 0.3) is 0 Å². The van der Waals surface area contributed by atoms with Crippen LogP contribution in [0.5, 0.6) is 0 Å². The summed E-state index contributed by atoms with van der Waals surface area (Å²) in [6.45, 7) is 2.14. The third kappa shape index (κ3) is 2.73. The highest BCUT2D eigenvalue weighted by atomic mass is 32.1. The Balaban J connectivity index is 2.78. The SMILES string of the molecule is Cc1cc(CN(C)C(=O)S)ccc1F. The van der Waals surface area contributed by atoms with E-state index >= 15 is 0 Å². The molecule has 1 aromatic carbocycles. The predicted octanol–water partition coefficient (Wildman–Crippen LogP) is 2.62. The van der Waals surface area contributed by atoms with Gasteiger partial charge in [0.2, 0.25) is 0 Å². The minimum absolute atomic E-state index is 0.228. The van der Waals surface area contributed by atoms with E-state index in [4.69, 9.17) is 0 Å². The third-order valence-electron chi connectivity index (χ3n) is 1.97. The maximum atomic E-state index is 12.9. The summed E-state index contributed by atoms with van der Waals surface area (Å²) in [6, 6.07) is 4.79. The van der Waals surface area contributed by atoms with Gasteiger partial charge in [-0.2, -0.15) is 0 Å². The average Bonchev–Trinajstić information content (AvgIpc) is 2.11. The van der Waals surface area contributed by atoms with Crippen LogP contribution in [0.4, 0.5) is 9.18 Å². The van der Waals surface area contributed by atoms with E-state index in [2.05, 4.69) is 12.6 Å². The van der Waals surface area contributed by atoms with Crippen LogP contribution in [0.1, 0.15) is 11.1 Å². The van der Waals surface area contributed by atoms with Gasteiger partial charge >= 0.3 is 0 Å². The van der Waals surface area contributed by atoms with Gasteiger partial charge in [-0.25, -0.2) is 4.39 Å². The minimum Gasteiger partial charge on any atom is -0.333 e. The number of thiol groups is 1. The predicted molar refractivity (Wildman–Crippen MR) is 57.0 cm³/mol. The van der Waals surface area contributed by atoms with E-state index in [9.17, 15) is 9.18 Å². The highest BCUT2D eigenvalue weighted by molar-refractivity contribution is 7.96. The fourth-order valence-corrected chi connectivity index (χ4v) is 1.22. The largest absolute Gasteiger partial charge is 0.333 e. The molecule has 0 aromatic heterocycles. The number of hydrogen-bond donors (Lipinski definition) is 1. The van der Waals surface area contributed by atoms with Crippen molar-refractivity contribution in [3.63, 3.8) is 0 Å². The second kappa shape index (κ2) is 4.46. The van der Waals surface area contributed by atoms with E-state index in [0.29, 0.717) is 12.1 Å². The Morgan fingerprint density at radius 2 is 2.21 bits per heavy atom. The first-order valence-corrected chi connectivity index (χ1v) is 4.64. The molecule has 0 saturated heterocycles. The van der Waals surface area contributed by atoms with Crippen molar-refractivity contribution >= 4 is 17.9 Å². The number of carbonyl (C=O) groups excluding carboxylic acids is 1. The zero-order chi connectivity index (χ0) is 10.7. The zero-order valence-corrected chi connectivity index (χ0v) is 9.01. The summed E-state index contributed by atoms with van der Waals surface area (Å²) in [6.07, 6.45) is 0. The van der Waals surface area contributed by atoms with Gasteiger partial charge in [0.15, 0.2) is 0 Å². The maximum Gasteiger partial charge on any atom is 0.278 e. The Morgan fingerprint density at radius 1 is 1.57 bits per heavy atom. The Morgan fingerprint density at radius 3 is 2.71 bits per heavy atom. The van der Waals surface area contributed by atoms with Gasteiger partial charge in [-0.3, -0.25) is 4.79 Å². The smallest absolute Gasteiger partial charge is 0.278 e. The normalized spacial score (nSPS) is 10.0. The first-order valence-electron chi connectivity index (χ1n) is 4.20. The van der Waals surface area contributed by atoms with Gasteiger partial charge in [-0.15, -0.1) is 0 Å². The number of carbonyl (C=O) groups is 1. The minimum atomic E-state index is -0.299. The molecule has 0 atom stereocenters. The van der Waals surface area contributed by atoms with Gasteiger partial charge in [-0.1, -0.05) is 24.8 Å². The molecular weight excluding hydrogens is 201 g/mol. The molecule has 0 radical (unpaired) electrons. The number of rotatable bonds is 2.